The summed E-state index contributed by atoms with van der Waals surface area (Å²) in [5, 5.41) is 0. The van der Waals surface area contributed by atoms with Crippen molar-refractivity contribution in [1.82, 2.24) is 0 Å². The Labute approximate surface area is 97.4 Å². The third kappa shape index (κ3) is 4.99. The number of hydrogen-bond donors (Lipinski definition) is 0. The van der Waals surface area contributed by atoms with Gasteiger partial charge in [-0.1, -0.05) is 0 Å². The van der Waals surface area contributed by atoms with E-state index in [0.717, 1.165) is 6.07 Å². The van der Waals surface area contributed by atoms with Crippen molar-refractivity contribution in [2.75, 3.05) is 13.2 Å². The van der Waals surface area contributed by atoms with Gasteiger partial charge in [-0.3, -0.25) is 4.79 Å². The van der Waals surface area contributed by atoms with E-state index in [2.05, 4.69) is 4.74 Å². The molecule has 0 unspecified atom stereocenters. The quantitative estimate of drug-likeness (QED) is 0.569. The third-order valence-electron chi connectivity index (χ3n) is 2.08. The standard InChI is InChI=1S/C12H13F3O2/c1-8-4-9(6-10(13)5-8)11(16)2-3-17-7-12(14)15/h4-6,12H,2-3,7H2,1H3. The molecule has 0 fully saturated rings. The Morgan fingerprint density at radius 1 is 1.35 bits per heavy atom. The second kappa shape index (κ2) is 6.39. The van der Waals surface area contributed by atoms with Crippen LogP contribution in [0.1, 0.15) is 22.3 Å². The lowest BCUT2D eigenvalue weighted by atomic mass is 10.1. The van der Waals surface area contributed by atoms with Crippen molar-refractivity contribution in [2.45, 2.75) is 19.8 Å². The molecule has 0 bridgehead atoms. The molecule has 0 N–H and O–H groups in total. The van der Waals surface area contributed by atoms with Gasteiger partial charge in [-0.25, -0.2) is 13.2 Å². The number of hydrogen-bond acceptors (Lipinski definition) is 2. The molecule has 2 nitrogen and oxygen atoms in total. The van der Waals surface area contributed by atoms with Crippen LogP contribution in [0.25, 0.3) is 0 Å². The SMILES string of the molecule is Cc1cc(F)cc(C(=O)CCOCC(F)F)c1. The van der Waals surface area contributed by atoms with Crippen molar-refractivity contribution in [2.24, 2.45) is 0 Å². The van der Waals surface area contributed by atoms with Crippen molar-refractivity contribution in [3.05, 3.63) is 35.1 Å². The molecule has 0 amide bonds. The van der Waals surface area contributed by atoms with Gasteiger partial charge >= 0.3 is 0 Å². The topological polar surface area (TPSA) is 26.3 Å². The summed E-state index contributed by atoms with van der Waals surface area (Å²) in [5.74, 6) is -0.802. The van der Waals surface area contributed by atoms with E-state index in [1.165, 1.54) is 6.07 Å². The Kier molecular flexibility index (Phi) is 5.15. The van der Waals surface area contributed by atoms with Crippen LogP contribution in [-0.2, 0) is 4.74 Å². The van der Waals surface area contributed by atoms with Crippen LogP contribution in [0.3, 0.4) is 0 Å². The molecule has 0 heterocycles. The molecule has 0 aliphatic carbocycles. The number of ether oxygens (including phenoxy) is 1. The largest absolute Gasteiger partial charge is 0.375 e. The lowest BCUT2D eigenvalue weighted by Gasteiger charge is -2.04. The fraction of sp³-hybridized carbons (Fsp3) is 0.417. The van der Waals surface area contributed by atoms with Crippen LogP contribution < -0.4 is 0 Å². The van der Waals surface area contributed by atoms with E-state index in [0.29, 0.717) is 5.56 Å². The lowest BCUT2D eigenvalue weighted by molar-refractivity contribution is 0.0170. The number of aryl methyl sites for hydroxylation is 1. The predicted octanol–water partition coefficient (Wildman–Crippen LogP) is 2.99. The number of alkyl halides is 2. The van der Waals surface area contributed by atoms with Gasteiger partial charge in [0.05, 0.1) is 6.61 Å². The fourth-order valence-electron chi connectivity index (χ4n) is 1.38. The molecule has 0 aliphatic heterocycles. The van der Waals surface area contributed by atoms with Crippen LogP contribution in [0.15, 0.2) is 18.2 Å². The minimum atomic E-state index is -2.54. The van der Waals surface area contributed by atoms with Gasteiger partial charge in [0.2, 0.25) is 0 Å². The van der Waals surface area contributed by atoms with E-state index < -0.39 is 18.8 Å². The van der Waals surface area contributed by atoms with Gasteiger partial charge in [0.25, 0.3) is 6.43 Å². The fourth-order valence-corrected chi connectivity index (χ4v) is 1.38. The highest BCUT2D eigenvalue weighted by Gasteiger charge is 2.09. The van der Waals surface area contributed by atoms with Crippen molar-refractivity contribution in [3.8, 4) is 0 Å². The summed E-state index contributed by atoms with van der Waals surface area (Å²) in [6.07, 6.45) is -2.57. The summed E-state index contributed by atoms with van der Waals surface area (Å²) in [7, 11) is 0. The first-order chi connectivity index (χ1) is 7.99. The van der Waals surface area contributed by atoms with Gasteiger partial charge in [0, 0.05) is 12.0 Å². The molecule has 0 aromatic heterocycles. The summed E-state index contributed by atoms with van der Waals surface area (Å²) in [4.78, 5) is 11.6. The average Bonchev–Trinajstić information content (AvgIpc) is 2.22. The lowest BCUT2D eigenvalue weighted by Crippen LogP contribution is -2.09. The van der Waals surface area contributed by atoms with Crippen LogP contribution >= 0.6 is 0 Å². The zero-order valence-electron chi connectivity index (χ0n) is 9.38. The minimum absolute atomic E-state index is 0.0321. The summed E-state index contributed by atoms with van der Waals surface area (Å²) in [6.45, 7) is 0.904. The van der Waals surface area contributed by atoms with Gasteiger partial charge in [-0.2, -0.15) is 0 Å². The molecule has 1 aromatic rings. The van der Waals surface area contributed by atoms with Crippen LogP contribution in [0.4, 0.5) is 13.2 Å². The van der Waals surface area contributed by atoms with Crippen LogP contribution in [0, 0.1) is 12.7 Å². The number of carbonyl (C=O) groups excluding carboxylic acids is 1. The monoisotopic (exact) mass is 246 g/mol. The summed E-state index contributed by atoms with van der Waals surface area (Å²) in [6, 6.07) is 3.99. The molecule has 0 saturated carbocycles. The maximum Gasteiger partial charge on any atom is 0.261 e. The van der Waals surface area contributed by atoms with E-state index in [1.54, 1.807) is 13.0 Å². The molecule has 5 heteroatoms. The van der Waals surface area contributed by atoms with Crippen LogP contribution in [0.2, 0.25) is 0 Å². The predicted molar refractivity (Wildman–Crippen MR) is 56.9 cm³/mol. The number of carbonyl (C=O) groups is 1. The van der Waals surface area contributed by atoms with E-state index in [-0.39, 0.29) is 24.4 Å². The Bertz CT molecular complexity index is 371. The maximum atomic E-state index is 13.0. The van der Waals surface area contributed by atoms with E-state index in [9.17, 15) is 18.0 Å². The van der Waals surface area contributed by atoms with Crippen molar-refractivity contribution in [1.29, 1.82) is 0 Å². The third-order valence-corrected chi connectivity index (χ3v) is 2.08. The maximum absolute atomic E-state index is 13.0. The Balaban J connectivity index is 2.47. The summed E-state index contributed by atoms with van der Waals surface area (Å²) >= 11 is 0. The number of benzene rings is 1. The van der Waals surface area contributed by atoms with E-state index in [1.807, 2.05) is 0 Å². The Hall–Kier alpha value is -1.36. The Morgan fingerprint density at radius 3 is 2.65 bits per heavy atom. The van der Waals surface area contributed by atoms with Crippen LogP contribution in [0.5, 0.6) is 0 Å². The molecule has 0 radical (unpaired) electrons. The summed E-state index contributed by atoms with van der Waals surface area (Å²) < 4.78 is 41.0. The molecule has 94 valence electrons. The first-order valence-corrected chi connectivity index (χ1v) is 5.15. The highest BCUT2D eigenvalue weighted by atomic mass is 19.3. The number of halogens is 3. The molecule has 0 atom stereocenters. The van der Waals surface area contributed by atoms with Crippen molar-refractivity contribution >= 4 is 5.78 Å². The zero-order valence-corrected chi connectivity index (χ0v) is 9.38. The highest BCUT2D eigenvalue weighted by molar-refractivity contribution is 5.96. The number of Topliss-reactive ketones (excluding diaryl/α,β-unsaturated/α-hetero) is 1. The second-order valence-corrected chi connectivity index (χ2v) is 3.66. The number of rotatable bonds is 6. The molecule has 17 heavy (non-hydrogen) atoms. The smallest absolute Gasteiger partial charge is 0.261 e. The molecule has 0 saturated heterocycles. The Morgan fingerprint density at radius 2 is 2.06 bits per heavy atom. The molecular formula is C12H13F3O2. The van der Waals surface area contributed by atoms with Gasteiger partial charge in [0.1, 0.15) is 12.4 Å². The first kappa shape index (κ1) is 13.7. The van der Waals surface area contributed by atoms with E-state index >= 15 is 0 Å². The van der Waals surface area contributed by atoms with Crippen molar-refractivity contribution in [3.63, 3.8) is 0 Å². The molecule has 1 rings (SSSR count). The van der Waals surface area contributed by atoms with Gasteiger partial charge < -0.3 is 4.74 Å². The first-order valence-electron chi connectivity index (χ1n) is 5.15. The molecular weight excluding hydrogens is 233 g/mol. The van der Waals surface area contributed by atoms with E-state index in [4.69, 9.17) is 0 Å². The highest BCUT2D eigenvalue weighted by Crippen LogP contribution is 2.10. The molecule has 1 aromatic carbocycles. The average molecular weight is 246 g/mol. The normalized spacial score (nSPS) is 10.9. The van der Waals surface area contributed by atoms with Gasteiger partial charge in [0.15, 0.2) is 5.78 Å². The zero-order chi connectivity index (χ0) is 12.8. The molecule has 0 aliphatic rings. The number of ketones is 1. The minimum Gasteiger partial charge on any atom is -0.375 e. The summed E-state index contributed by atoms with van der Waals surface area (Å²) in [5.41, 5.74) is 0.880. The van der Waals surface area contributed by atoms with Crippen LogP contribution in [-0.4, -0.2) is 25.4 Å². The van der Waals surface area contributed by atoms with Gasteiger partial charge in [-0.15, -0.1) is 0 Å². The molecule has 0 spiro atoms. The second-order valence-electron chi connectivity index (χ2n) is 3.66. The van der Waals surface area contributed by atoms with Crippen molar-refractivity contribution < 1.29 is 22.7 Å². The van der Waals surface area contributed by atoms with Gasteiger partial charge in [-0.05, 0) is 30.7 Å².